The Kier molecular flexibility index (Phi) is 3.33. The third-order valence-electron chi connectivity index (χ3n) is 2.56. The average Bonchev–Trinajstić information content (AvgIpc) is 2.77. The highest BCUT2D eigenvalue weighted by Gasteiger charge is 2.23. The fourth-order valence-corrected chi connectivity index (χ4v) is 2.83. The third-order valence-corrected chi connectivity index (χ3v) is 3.73. The minimum absolute atomic E-state index is 0.00370. The quantitative estimate of drug-likeness (QED) is 0.778. The summed E-state index contributed by atoms with van der Waals surface area (Å²) in [6.07, 6.45) is 0.910. The number of nitrogens with two attached hydrogens (primary N) is 1. The maximum atomic E-state index is 12.9. The van der Waals surface area contributed by atoms with Crippen LogP contribution in [0.25, 0.3) is 0 Å². The maximum absolute atomic E-state index is 12.9. The van der Waals surface area contributed by atoms with E-state index in [2.05, 4.69) is 5.32 Å². The molecular formula is C11H13FN2OS. The fourth-order valence-electron chi connectivity index (χ4n) is 1.61. The van der Waals surface area contributed by atoms with Crippen LogP contribution in [0.3, 0.4) is 0 Å². The first-order chi connectivity index (χ1) is 7.66. The third kappa shape index (κ3) is 2.47. The lowest BCUT2D eigenvalue weighted by molar-refractivity contribution is -0.119. The number of thioether (sulfide) groups is 1. The summed E-state index contributed by atoms with van der Waals surface area (Å²) in [4.78, 5) is 11.8. The molecule has 1 aromatic rings. The Morgan fingerprint density at radius 3 is 3.00 bits per heavy atom. The van der Waals surface area contributed by atoms with Gasteiger partial charge in [0, 0.05) is 17.4 Å². The summed E-state index contributed by atoms with van der Waals surface area (Å²) in [7, 11) is 0. The topological polar surface area (TPSA) is 55.1 Å². The van der Waals surface area contributed by atoms with Crippen LogP contribution < -0.4 is 11.1 Å². The van der Waals surface area contributed by atoms with Gasteiger partial charge in [0.2, 0.25) is 5.91 Å². The number of hydrogen-bond donors (Lipinski definition) is 2. The van der Waals surface area contributed by atoms with Crippen molar-refractivity contribution >= 4 is 29.0 Å². The number of anilines is 2. The van der Waals surface area contributed by atoms with Crippen molar-refractivity contribution in [2.45, 2.75) is 6.42 Å². The van der Waals surface area contributed by atoms with E-state index in [-0.39, 0.29) is 17.5 Å². The summed E-state index contributed by atoms with van der Waals surface area (Å²) in [5, 5.41) is 2.75. The number of amides is 1. The second-order valence-corrected chi connectivity index (χ2v) is 4.94. The van der Waals surface area contributed by atoms with Crippen molar-refractivity contribution in [3.8, 4) is 0 Å². The summed E-state index contributed by atoms with van der Waals surface area (Å²) < 4.78 is 12.9. The highest BCUT2D eigenvalue weighted by molar-refractivity contribution is 7.99. The van der Waals surface area contributed by atoms with Gasteiger partial charge in [0.25, 0.3) is 0 Å². The number of rotatable bonds is 2. The molecule has 1 unspecified atom stereocenters. The van der Waals surface area contributed by atoms with Gasteiger partial charge in [-0.2, -0.15) is 11.8 Å². The van der Waals surface area contributed by atoms with Crippen molar-refractivity contribution in [2.75, 3.05) is 22.6 Å². The highest BCUT2D eigenvalue weighted by Crippen LogP contribution is 2.25. The van der Waals surface area contributed by atoms with Crippen LogP contribution in [-0.4, -0.2) is 17.4 Å². The van der Waals surface area contributed by atoms with Crippen LogP contribution in [0.1, 0.15) is 6.42 Å². The van der Waals surface area contributed by atoms with Crippen molar-refractivity contribution in [1.29, 1.82) is 0 Å². The van der Waals surface area contributed by atoms with Gasteiger partial charge in [0.15, 0.2) is 0 Å². The SMILES string of the molecule is Nc1cc(NC(=O)C2CCSC2)ccc1F. The Bertz CT molecular complexity index is 405. The monoisotopic (exact) mass is 240 g/mol. The molecule has 1 amide bonds. The van der Waals surface area contributed by atoms with Crippen LogP contribution in [0.5, 0.6) is 0 Å². The molecule has 1 fully saturated rings. The molecule has 1 atom stereocenters. The predicted molar refractivity (Wildman–Crippen MR) is 64.9 cm³/mol. The molecule has 1 aliphatic heterocycles. The molecule has 0 aliphatic carbocycles. The molecule has 2 rings (SSSR count). The van der Waals surface area contributed by atoms with E-state index in [9.17, 15) is 9.18 Å². The van der Waals surface area contributed by atoms with E-state index in [1.165, 1.54) is 18.2 Å². The Morgan fingerprint density at radius 2 is 2.38 bits per heavy atom. The first-order valence-corrected chi connectivity index (χ1v) is 6.26. The molecule has 1 aromatic carbocycles. The molecule has 1 heterocycles. The van der Waals surface area contributed by atoms with E-state index in [1.807, 2.05) is 0 Å². The molecule has 5 heteroatoms. The minimum atomic E-state index is -0.463. The number of nitrogens with one attached hydrogen (secondary N) is 1. The molecule has 3 N–H and O–H groups in total. The van der Waals surface area contributed by atoms with E-state index in [1.54, 1.807) is 11.8 Å². The minimum Gasteiger partial charge on any atom is -0.396 e. The standard InChI is InChI=1S/C11H13FN2OS/c12-9-2-1-8(5-10(9)13)14-11(15)7-3-4-16-6-7/h1-2,5,7H,3-4,6,13H2,(H,14,15). The molecule has 0 aromatic heterocycles. The Balaban J connectivity index is 2.02. The fraction of sp³-hybridized carbons (Fsp3) is 0.364. The number of carbonyl (C=O) groups excluding carboxylic acids is 1. The van der Waals surface area contributed by atoms with Gasteiger partial charge >= 0.3 is 0 Å². The van der Waals surface area contributed by atoms with Gasteiger partial charge in [0.05, 0.1) is 5.69 Å². The molecule has 0 bridgehead atoms. The largest absolute Gasteiger partial charge is 0.396 e. The molecule has 86 valence electrons. The highest BCUT2D eigenvalue weighted by atomic mass is 32.2. The lowest BCUT2D eigenvalue weighted by atomic mass is 10.1. The smallest absolute Gasteiger partial charge is 0.228 e. The van der Waals surface area contributed by atoms with Gasteiger partial charge in [-0.05, 0) is 30.4 Å². The lowest BCUT2D eigenvalue weighted by Crippen LogP contribution is -2.22. The lowest BCUT2D eigenvalue weighted by Gasteiger charge is -2.10. The Labute approximate surface area is 97.6 Å². The molecule has 0 saturated carbocycles. The zero-order valence-electron chi connectivity index (χ0n) is 8.70. The summed E-state index contributed by atoms with van der Waals surface area (Å²) >= 11 is 1.78. The number of hydrogen-bond acceptors (Lipinski definition) is 3. The first kappa shape index (κ1) is 11.3. The second kappa shape index (κ2) is 4.74. The summed E-state index contributed by atoms with van der Waals surface area (Å²) in [5.41, 5.74) is 6.03. The summed E-state index contributed by atoms with van der Waals surface area (Å²) in [5.74, 6) is 1.49. The Hall–Kier alpha value is -1.23. The molecule has 1 saturated heterocycles. The Morgan fingerprint density at radius 1 is 1.56 bits per heavy atom. The number of carbonyl (C=O) groups is 1. The maximum Gasteiger partial charge on any atom is 0.228 e. The zero-order chi connectivity index (χ0) is 11.5. The molecule has 1 aliphatic rings. The normalized spacial score (nSPS) is 19.7. The van der Waals surface area contributed by atoms with Crippen molar-refractivity contribution in [3.05, 3.63) is 24.0 Å². The van der Waals surface area contributed by atoms with Gasteiger partial charge < -0.3 is 11.1 Å². The van der Waals surface area contributed by atoms with Gasteiger partial charge in [-0.15, -0.1) is 0 Å². The molecule has 0 radical (unpaired) electrons. The van der Waals surface area contributed by atoms with Crippen molar-refractivity contribution in [1.82, 2.24) is 0 Å². The average molecular weight is 240 g/mol. The molecule has 3 nitrogen and oxygen atoms in total. The van der Waals surface area contributed by atoms with Gasteiger partial charge in [-0.1, -0.05) is 0 Å². The van der Waals surface area contributed by atoms with Crippen LogP contribution in [0.15, 0.2) is 18.2 Å². The van der Waals surface area contributed by atoms with Crippen LogP contribution in [0, 0.1) is 11.7 Å². The van der Waals surface area contributed by atoms with Crippen LogP contribution in [-0.2, 0) is 4.79 Å². The van der Waals surface area contributed by atoms with Crippen LogP contribution >= 0.6 is 11.8 Å². The molecule has 16 heavy (non-hydrogen) atoms. The second-order valence-electron chi connectivity index (χ2n) is 3.79. The first-order valence-electron chi connectivity index (χ1n) is 5.10. The van der Waals surface area contributed by atoms with E-state index in [4.69, 9.17) is 5.73 Å². The van der Waals surface area contributed by atoms with E-state index in [0.717, 1.165) is 17.9 Å². The van der Waals surface area contributed by atoms with E-state index in [0.29, 0.717) is 5.69 Å². The number of nitrogen functional groups attached to an aromatic ring is 1. The van der Waals surface area contributed by atoms with Gasteiger partial charge in [-0.3, -0.25) is 4.79 Å². The zero-order valence-corrected chi connectivity index (χ0v) is 9.52. The van der Waals surface area contributed by atoms with Crippen molar-refractivity contribution in [2.24, 2.45) is 5.92 Å². The van der Waals surface area contributed by atoms with E-state index >= 15 is 0 Å². The number of halogens is 1. The van der Waals surface area contributed by atoms with Crippen LogP contribution in [0.4, 0.5) is 15.8 Å². The van der Waals surface area contributed by atoms with Crippen LogP contribution in [0.2, 0.25) is 0 Å². The van der Waals surface area contributed by atoms with Gasteiger partial charge in [0.1, 0.15) is 5.82 Å². The predicted octanol–water partition coefficient (Wildman–Crippen LogP) is 2.10. The van der Waals surface area contributed by atoms with Crippen molar-refractivity contribution < 1.29 is 9.18 Å². The molecular weight excluding hydrogens is 227 g/mol. The van der Waals surface area contributed by atoms with Crippen molar-refractivity contribution in [3.63, 3.8) is 0 Å². The summed E-state index contributed by atoms with van der Waals surface area (Å²) in [6.45, 7) is 0. The van der Waals surface area contributed by atoms with Gasteiger partial charge in [-0.25, -0.2) is 4.39 Å². The summed E-state index contributed by atoms with van der Waals surface area (Å²) in [6, 6.07) is 4.22. The number of benzene rings is 1. The van der Waals surface area contributed by atoms with E-state index < -0.39 is 5.82 Å². The molecule has 0 spiro atoms.